The zero-order chi connectivity index (χ0) is 35.0. The lowest BCUT2D eigenvalue weighted by Crippen LogP contribution is -2.07. The van der Waals surface area contributed by atoms with Crippen LogP contribution in [-0.2, 0) is 43.2 Å². The number of fused-ring (bicyclic) bond motifs is 1. The Hall–Kier alpha value is -4.43. The predicted octanol–water partition coefficient (Wildman–Crippen LogP) is 5.33. The number of hydrogen-bond donors (Lipinski definition) is 3. The molecule has 0 unspecified atom stereocenters. The van der Waals surface area contributed by atoms with Crippen molar-refractivity contribution in [2.24, 2.45) is 10.2 Å². The van der Waals surface area contributed by atoms with Crippen molar-refractivity contribution < 1.29 is 43.6 Å². The Morgan fingerprint density at radius 1 is 0.729 bits per heavy atom. The molecule has 0 fully saturated rings. The van der Waals surface area contributed by atoms with Gasteiger partial charge in [-0.1, -0.05) is 24.3 Å². The number of ether oxygens (including phenoxy) is 1. The molecule has 5 aromatic rings. The van der Waals surface area contributed by atoms with Crippen molar-refractivity contribution in [1.29, 1.82) is 0 Å². The number of methoxy groups -OCH3 is 1. The van der Waals surface area contributed by atoms with E-state index in [2.05, 4.69) is 25.2 Å². The lowest BCUT2D eigenvalue weighted by Gasteiger charge is -2.12. The maximum atomic E-state index is 12.1. The Morgan fingerprint density at radius 3 is 2.04 bits per heavy atom. The van der Waals surface area contributed by atoms with E-state index >= 15 is 0 Å². The molecule has 0 saturated heterocycles. The lowest BCUT2D eigenvalue weighted by atomic mass is 10.1. The summed E-state index contributed by atoms with van der Waals surface area (Å²) in [6.45, 7) is 1.71. The van der Waals surface area contributed by atoms with Crippen LogP contribution in [0.4, 0.5) is 11.4 Å². The first-order valence-electron chi connectivity index (χ1n) is 13.5. The van der Waals surface area contributed by atoms with Crippen molar-refractivity contribution >= 4 is 64.1 Å². The number of aryl methyl sites for hydroxylation is 1. The van der Waals surface area contributed by atoms with Gasteiger partial charge in [-0.25, -0.2) is 15.0 Å². The summed E-state index contributed by atoms with van der Waals surface area (Å²) in [5, 5.41) is 7.81. The Bertz CT molecular complexity index is 2460. The van der Waals surface area contributed by atoms with Gasteiger partial charge in [-0.05, 0) is 66.0 Å². The van der Waals surface area contributed by atoms with E-state index in [0.29, 0.717) is 28.1 Å². The van der Waals surface area contributed by atoms with E-state index in [1.807, 2.05) is 0 Å². The SMILES string of the molecule is COc1cc(N=Nc2cc(S(=O)(=O)O)c3cccc(S(=O)(=O)O)c3c2)c(C)cc1Cc1nc(Cl)nc(Cc2cccc(S(=O)(=O)O)c2)n1. The van der Waals surface area contributed by atoms with Gasteiger partial charge in [0.15, 0.2) is 0 Å². The second-order valence-electron chi connectivity index (χ2n) is 10.3. The van der Waals surface area contributed by atoms with E-state index in [-0.39, 0.29) is 51.1 Å². The van der Waals surface area contributed by atoms with Crippen molar-refractivity contribution in [2.75, 3.05) is 7.11 Å². The minimum atomic E-state index is -4.84. The van der Waals surface area contributed by atoms with E-state index in [1.54, 1.807) is 25.1 Å². The molecule has 48 heavy (non-hydrogen) atoms. The second kappa shape index (κ2) is 13.2. The molecule has 1 aromatic heterocycles. The maximum absolute atomic E-state index is 12.1. The molecule has 0 aliphatic carbocycles. The Morgan fingerprint density at radius 2 is 1.40 bits per heavy atom. The van der Waals surface area contributed by atoms with Gasteiger partial charge >= 0.3 is 0 Å². The molecule has 0 saturated carbocycles. The molecule has 15 nitrogen and oxygen atoms in total. The molecule has 4 aromatic carbocycles. The van der Waals surface area contributed by atoms with Crippen LogP contribution >= 0.6 is 11.6 Å². The molecule has 0 spiro atoms. The van der Waals surface area contributed by atoms with Crippen molar-refractivity contribution in [3.8, 4) is 5.75 Å². The summed E-state index contributed by atoms with van der Waals surface area (Å²) in [6, 6.07) is 14.7. The molecule has 1 heterocycles. The van der Waals surface area contributed by atoms with Crippen LogP contribution in [0.25, 0.3) is 10.8 Å². The Kier molecular flexibility index (Phi) is 9.62. The van der Waals surface area contributed by atoms with Gasteiger partial charge in [0.25, 0.3) is 30.4 Å². The monoisotopic (exact) mass is 733 g/mol. The minimum absolute atomic E-state index is 0.0912. The highest BCUT2D eigenvalue weighted by Crippen LogP contribution is 2.35. The van der Waals surface area contributed by atoms with Gasteiger partial charge in [0.2, 0.25) is 5.28 Å². The van der Waals surface area contributed by atoms with Crippen molar-refractivity contribution in [3.05, 3.63) is 100 Å². The van der Waals surface area contributed by atoms with Crippen LogP contribution < -0.4 is 4.74 Å². The Labute approximate surface area is 279 Å². The average molecular weight is 734 g/mol. The molecule has 0 atom stereocenters. The summed E-state index contributed by atoms with van der Waals surface area (Å²) < 4.78 is 106. The smallest absolute Gasteiger partial charge is 0.295 e. The van der Waals surface area contributed by atoms with Gasteiger partial charge in [0, 0.05) is 35.2 Å². The fraction of sp³-hybridized carbons (Fsp3) is 0.138. The topological polar surface area (TPSA) is 236 Å². The van der Waals surface area contributed by atoms with Gasteiger partial charge in [-0.3, -0.25) is 13.7 Å². The van der Waals surface area contributed by atoms with Crippen molar-refractivity contribution in [3.63, 3.8) is 0 Å². The van der Waals surface area contributed by atoms with Crippen molar-refractivity contribution in [2.45, 2.75) is 34.5 Å². The van der Waals surface area contributed by atoms with Gasteiger partial charge in [-0.15, -0.1) is 0 Å². The third-order valence-electron chi connectivity index (χ3n) is 6.94. The van der Waals surface area contributed by atoms with Crippen LogP contribution in [0.1, 0.15) is 28.3 Å². The molecule has 0 aliphatic heterocycles. The number of rotatable bonds is 10. The standard InChI is InChI=1S/C29H24ClN5O10S3/c1-16-9-18(12-28-31-27(32-29(30)33-28)11-17-5-3-6-20(10-17)46(36,37)38)24(45-2)15-23(16)35-34-19-13-22-21(26(14-19)48(42,43)44)7-4-8-25(22)47(39,40)41/h3-10,13-15H,11-12H2,1-2H3,(H,36,37,38)(H,39,40,41)(H,42,43,44). The molecule has 0 bridgehead atoms. The molecule has 0 radical (unpaired) electrons. The summed E-state index contributed by atoms with van der Waals surface area (Å²) in [7, 11) is -12.6. The summed E-state index contributed by atoms with van der Waals surface area (Å²) in [5.41, 5.74) is 1.87. The summed E-state index contributed by atoms with van der Waals surface area (Å²) in [5.74, 6) is 0.862. The molecule has 3 N–H and O–H groups in total. The van der Waals surface area contributed by atoms with Crippen LogP contribution in [0, 0.1) is 6.92 Å². The number of halogens is 1. The van der Waals surface area contributed by atoms with E-state index in [4.69, 9.17) is 16.3 Å². The van der Waals surface area contributed by atoms with Gasteiger partial charge in [0.1, 0.15) is 27.2 Å². The van der Waals surface area contributed by atoms with Crippen LogP contribution in [0.15, 0.2) is 91.6 Å². The average Bonchev–Trinajstić information content (AvgIpc) is 2.98. The molecular formula is C29H24ClN5O10S3. The Balaban J connectivity index is 1.47. The van der Waals surface area contributed by atoms with Crippen LogP contribution in [-0.4, -0.2) is 61.0 Å². The van der Waals surface area contributed by atoms with E-state index in [1.165, 1.54) is 43.5 Å². The highest BCUT2D eigenvalue weighted by molar-refractivity contribution is 7.86. The fourth-order valence-corrected chi connectivity index (χ4v) is 7.02. The largest absolute Gasteiger partial charge is 0.496 e. The van der Waals surface area contributed by atoms with Gasteiger partial charge in [-0.2, -0.15) is 35.5 Å². The summed E-state index contributed by atoms with van der Waals surface area (Å²) in [6.07, 6.45) is 0.219. The van der Waals surface area contributed by atoms with Crippen molar-refractivity contribution in [1.82, 2.24) is 15.0 Å². The third-order valence-corrected chi connectivity index (χ3v) is 9.76. The first kappa shape index (κ1) is 34.9. The summed E-state index contributed by atoms with van der Waals surface area (Å²) >= 11 is 6.17. The van der Waals surface area contributed by atoms with Crippen LogP contribution in [0.2, 0.25) is 5.28 Å². The quantitative estimate of drug-likeness (QED) is 0.122. The first-order valence-corrected chi connectivity index (χ1v) is 18.2. The molecule has 0 amide bonds. The van der Waals surface area contributed by atoms with E-state index in [0.717, 1.165) is 12.1 Å². The van der Waals surface area contributed by atoms with Crippen LogP contribution in [0.5, 0.6) is 5.75 Å². The lowest BCUT2D eigenvalue weighted by molar-refractivity contribution is 0.410. The normalized spacial score (nSPS) is 12.5. The molecule has 5 rings (SSSR count). The number of aromatic nitrogens is 3. The second-order valence-corrected chi connectivity index (χ2v) is 14.8. The number of benzene rings is 4. The number of nitrogens with zero attached hydrogens (tertiary/aromatic N) is 5. The zero-order valence-corrected chi connectivity index (χ0v) is 28.0. The highest BCUT2D eigenvalue weighted by Gasteiger charge is 2.21. The molecule has 0 aliphatic rings. The fourth-order valence-electron chi connectivity index (χ4n) is 4.85. The molecular weight excluding hydrogens is 710 g/mol. The maximum Gasteiger partial charge on any atom is 0.295 e. The van der Waals surface area contributed by atoms with E-state index in [9.17, 15) is 38.9 Å². The number of hydrogen-bond acceptors (Lipinski definition) is 12. The number of azo groups is 1. The van der Waals surface area contributed by atoms with Crippen LogP contribution in [0.3, 0.4) is 0 Å². The predicted molar refractivity (Wildman–Crippen MR) is 172 cm³/mol. The first-order chi connectivity index (χ1) is 22.4. The van der Waals surface area contributed by atoms with Gasteiger partial charge < -0.3 is 4.74 Å². The highest BCUT2D eigenvalue weighted by atomic mass is 35.5. The van der Waals surface area contributed by atoms with E-state index < -0.39 is 40.1 Å². The van der Waals surface area contributed by atoms with Gasteiger partial charge in [0.05, 0.1) is 23.4 Å². The minimum Gasteiger partial charge on any atom is -0.496 e. The zero-order valence-electron chi connectivity index (χ0n) is 24.8. The summed E-state index contributed by atoms with van der Waals surface area (Å²) in [4.78, 5) is 11.3. The molecule has 250 valence electrons. The third kappa shape index (κ3) is 7.98. The molecule has 19 heteroatoms.